The maximum absolute atomic E-state index is 13.0. The SMILES string of the molecule is CC1=C(C#N)[C@@H](c2cc3c(cc2Br)OCO3)C2=C(CC(C)(C)CC2=O)N1. The van der Waals surface area contributed by atoms with Crippen LogP contribution in [0.25, 0.3) is 0 Å². The van der Waals surface area contributed by atoms with Gasteiger partial charge in [0, 0.05) is 27.9 Å². The van der Waals surface area contributed by atoms with Gasteiger partial charge in [-0.3, -0.25) is 4.79 Å². The summed E-state index contributed by atoms with van der Waals surface area (Å²) >= 11 is 3.60. The van der Waals surface area contributed by atoms with Crippen LogP contribution in [0.1, 0.15) is 45.1 Å². The van der Waals surface area contributed by atoms with E-state index in [2.05, 4.69) is 41.2 Å². The highest BCUT2D eigenvalue weighted by molar-refractivity contribution is 9.10. The van der Waals surface area contributed by atoms with Gasteiger partial charge in [-0.1, -0.05) is 29.8 Å². The number of ketones is 1. The Hall–Kier alpha value is -2.26. The predicted molar refractivity (Wildman–Crippen MR) is 99.5 cm³/mol. The number of nitrogens with zero attached hydrogens (tertiary/aromatic N) is 1. The average molecular weight is 415 g/mol. The van der Waals surface area contributed by atoms with Gasteiger partial charge in [0.1, 0.15) is 0 Å². The van der Waals surface area contributed by atoms with Crippen molar-refractivity contribution < 1.29 is 14.3 Å². The van der Waals surface area contributed by atoms with Crippen molar-refractivity contribution >= 4 is 21.7 Å². The number of hydrogen-bond acceptors (Lipinski definition) is 5. The van der Waals surface area contributed by atoms with E-state index >= 15 is 0 Å². The van der Waals surface area contributed by atoms with E-state index in [1.165, 1.54) is 0 Å². The lowest BCUT2D eigenvalue weighted by molar-refractivity contribution is -0.118. The fourth-order valence-corrected chi connectivity index (χ4v) is 4.60. The van der Waals surface area contributed by atoms with Gasteiger partial charge in [-0.2, -0.15) is 5.26 Å². The number of carbonyl (C=O) groups is 1. The van der Waals surface area contributed by atoms with Crippen molar-refractivity contribution in [2.45, 2.75) is 39.5 Å². The Morgan fingerprint density at radius 1 is 1.27 bits per heavy atom. The predicted octanol–water partition coefficient (Wildman–Crippen LogP) is 4.31. The van der Waals surface area contributed by atoms with Crippen LogP contribution in [0.3, 0.4) is 0 Å². The second kappa shape index (κ2) is 5.88. The largest absolute Gasteiger partial charge is 0.454 e. The molecule has 0 fully saturated rings. The first-order valence-corrected chi connectivity index (χ1v) is 9.33. The molecule has 2 heterocycles. The third kappa shape index (κ3) is 2.62. The molecular formula is C20H19BrN2O3. The van der Waals surface area contributed by atoms with Crippen molar-refractivity contribution in [3.63, 3.8) is 0 Å². The molecule has 0 aromatic heterocycles. The number of halogens is 1. The van der Waals surface area contributed by atoms with E-state index in [0.29, 0.717) is 29.1 Å². The number of ether oxygens (including phenoxy) is 2. The molecule has 2 aliphatic heterocycles. The Kier molecular flexibility index (Phi) is 3.89. The van der Waals surface area contributed by atoms with E-state index in [4.69, 9.17) is 9.47 Å². The molecule has 0 amide bonds. The summed E-state index contributed by atoms with van der Waals surface area (Å²) in [5, 5.41) is 13.1. The van der Waals surface area contributed by atoms with Crippen LogP contribution in [0.15, 0.2) is 39.1 Å². The smallest absolute Gasteiger partial charge is 0.231 e. The summed E-state index contributed by atoms with van der Waals surface area (Å²) in [6, 6.07) is 6.04. The average Bonchev–Trinajstić information content (AvgIpc) is 2.98. The molecule has 0 saturated carbocycles. The van der Waals surface area contributed by atoms with Gasteiger partial charge in [-0.05, 0) is 36.5 Å². The lowest BCUT2D eigenvalue weighted by atomic mass is 9.69. The number of rotatable bonds is 1. The highest BCUT2D eigenvalue weighted by atomic mass is 79.9. The molecule has 0 bridgehead atoms. The van der Waals surface area contributed by atoms with E-state index in [-0.39, 0.29) is 18.0 Å². The molecule has 4 rings (SSSR count). The molecule has 6 heteroatoms. The Morgan fingerprint density at radius 3 is 2.65 bits per heavy atom. The molecule has 1 aromatic carbocycles. The minimum Gasteiger partial charge on any atom is -0.454 e. The first-order chi connectivity index (χ1) is 12.3. The molecule has 1 aliphatic carbocycles. The van der Waals surface area contributed by atoms with Gasteiger partial charge in [-0.15, -0.1) is 0 Å². The molecule has 1 N–H and O–H groups in total. The van der Waals surface area contributed by atoms with Crippen molar-refractivity contribution in [2.24, 2.45) is 5.41 Å². The summed E-state index contributed by atoms with van der Waals surface area (Å²) in [7, 11) is 0. The molecule has 0 radical (unpaired) electrons. The summed E-state index contributed by atoms with van der Waals surface area (Å²) in [4.78, 5) is 13.0. The minimum absolute atomic E-state index is 0.0932. The van der Waals surface area contributed by atoms with Crippen LogP contribution in [-0.4, -0.2) is 12.6 Å². The van der Waals surface area contributed by atoms with E-state index in [0.717, 1.165) is 27.9 Å². The van der Waals surface area contributed by atoms with Gasteiger partial charge in [-0.25, -0.2) is 0 Å². The molecule has 5 nitrogen and oxygen atoms in total. The summed E-state index contributed by atoms with van der Waals surface area (Å²) in [5.74, 6) is 1.00. The number of nitriles is 1. The van der Waals surface area contributed by atoms with Crippen molar-refractivity contribution in [1.29, 1.82) is 5.26 Å². The van der Waals surface area contributed by atoms with Crippen LogP contribution in [0, 0.1) is 16.7 Å². The zero-order valence-corrected chi connectivity index (χ0v) is 16.5. The number of carbonyl (C=O) groups excluding carboxylic acids is 1. The van der Waals surface area contributed by atoms with Gasteiger partial charge in [0.2, 0.25) is 6.79 Å². The number of Topliss-reactive ketones (excluding diaryl/α,β-unsaturated/α-hetero) is 1. The van der Waals surface area contributed by atoms with Crippen LogP contribution in [0.4, 0.5) is 0 Å². The van der Waals surface area contributed by atoms with E-state index in [1.54, 1.807) is 0 Å². The van der Waals surface area contributed by atoms with Crippen LogP contribution >= 0.6 is 15.9 Å². The van der Waals surface area contributed by atoms with Gasteiger partial charge >= 0.3 is 0 Å². The molecule has 1 aromatic rings. The Labute approximate surface area is 160 Å². The zero-order chi connectivity index (χ0) is 18.6. The van der Waals surface area contributed by atoms with Gasteiger partial charge < -0.3 is 14.8 Å². The molecule has 134 valence electrons. The van der Waals surface area contributed by atoms with Crippen molar-refractivity contribution in [2.75, 3.05) is 6.79 Å². The summed E-state index contributed by atoms with van der Waals surface area (Å²) in [5.41, 5.74) is 3.75. The topological polar surface area (TPSA) is 71.3 Å². The number of fused-ring (bicyclic) bond motifs is 1. The van der Waals surface area contributed by atoms with E-state index in [9.17, 15) is 10.1 Å². The highest BCUT2D eigenvalue weighted by Crippen LogP contribution is 2.49. The lowest BCUT2D eigenvalue weighted by Crippen LogP contribution is -2.36. The fraction of sp³-hybridized carbons (Fsp3) is 0.400. The van der Waals surface area contributed by atoms with Crippen molar-refractivity contribution in [3.05, 3.63) is 44.7 Å². The standard InChI is InChI=1S/C20H19BrN2O3/c1-10-12(8-22)18(11-4-16-17(5-13(11)21)26-9-25-16)19-14(23-10)6-20(2,3)7-15(19)24/h4-5,18,23H,6-7,9H2,1-3H3/t18-/m1/s1. The Balaban J connectivity index is 1.92. The van der Waals surface area contributed by atoms with E-state index < -0.39 is 5.92 Å². The maximum atomic E-state index is 13.0. The second-order valence-corrected chi connectivity index (χ2v) is 8.62. The highest BCUT2D eigenvalue weighted by Gasteiger charge is 2.42. The van der Waals surface area contributed by atoms with Gasteiger partial charge in [0.25, 0.3) is 0 Å². The number of benzene rings is 1. The van der Waals surface area contributed by atoms with Crippen molar-refractivity contribution in [1.82, 2.24) is 5.32 Å². The normalized spacial score (nSPS) is 23.5. The summed E-state index contributed by atoms with van der Waals surface area (Å²) < 4.78 is 11.8. The first kappa shape index (κ1) is 17.2. The van der Waals surface area contributed by atoms with Gasteiger partial charge in [0.15, 0.2) is 17.3 Å². The zero-order valence-electron chi connectivity index (χ0n) is 14.9. The molecule has 0 spiro atoms. The third-order valence-corrected chi connectivity index (χ3v) is 5.85. The van der Waals surface area contributed by atoms with Crippen molar-refractivity contribution in [3.8, 4) is 17.6 Å². The molecule has 3 aliphatic rings. The molecule has 1 atom stereocenters. The fourth-order valence-electron chi connectivity index (χ4n) is 4.05. The number of allylic oxidation sites excluding steroid dienone is 4. The number of dihydropyridines is 1. The maximum Gasteiger partial charge on any atom is 0.231 e. The van der Waals surface area contributed by atoms with Gasteiger partial charge in [0.05, 0.1) is 17.6 Å². The second-order valence-electron chi connectivity index (χ2n) is 7.77. The number of hydrogen-bond donors (Lipinski definition) is 1. The van der Waals surface area contributed by atoms with Crippen LogP contribution < -0.4 is 14.8 Å². The Bertz CT molecular complexity index is 937. The van der Waals surface area contributed by atoms with Crippen LogP contribution in [-0.2, 0) is 4.79 Å². The monoisotopic (exact) mass is 414 g/mol. The molecular weight excluding hydrogens is 396 g/mol. The van der Waals surface area contributed by atoms with E-state index in [1.807, 2.05) is 19.1 Å². The third-order valence-electron chi connectivity index (χ3n) is 5.16. The van der Waals surface area contributed by atoms with Crippen LogP contribution in [0.5, 0.6) is 11.5 Å². The molecule has 0 saturated heterocycles. The summed E-state index contributed by atoms with van der Waals surface area (Å²) in [6.07, 6.45) is 1.26. The quantitative estimate of drug-likeness (QED) is 0.741. The lowest BCUT2D eigenvalue weighted by Gasteiger charge is -2.38. The Morgan fingerprint density at radius 2 is 1.96 bits per heavy atom. The number of nitrogens with one attached hydrogen (secondary N) is 1. The molecule has 26 heavy (non-hydrogen) atoms. The minimum atomic E-state index is -0.399. The summed E-state index contributed by atoms with van der Waals surface area (Å²) in [6.45, 7) is 6.27. The molecule has 0 unspecified atom stereocenters. The first-order valence-electron chi connectivity index (χ1n) is 8.54. The van der Waals surface area contributed by atoms with Crippen LogP contribution in [0.2, 0.25) is 0 Å².